The molecule has 1 aliphatic heterocycles. The van der Waals surface area contributed by atoms with Gasteiger partial charge in [-0.3, -0.25) is 9.59 Å². The Labute approximate surface area is 154 Å². The molecule has 0 unspecified atom stereocenters. The number of hydrogen-bond acceptors (Lipinski definition) is 4. The third-order valence-corrected chi connectivity index (χ3v) is 6.11. The molecule has 26 heavy (non-hydrogen) atoms. The van der Waals surface area contributed by atoms with E-state index in [1.807, 2.05) is 4.90 Å². The van der Waals surface area contributed by atoms with E-state index in [1.54, 1.807) is 24.3 Å². The van der Waals surface area contributed by atoms with Crippen molar-refractivity contribution in [2.75, 3.05) is 46.1 Å². The molecular weight excluding hydrogens is 356 g/mol. The molecule has 0 aliphatic carbocycles. The minimum atomic E-state index is -3.63. The van der Waals surface area contributed by atoms with Crippen molar-refractivity contribution in [2.45, 2.75) is 19.3 Å². The lowest BCUT2D eigenvalue weighted by Crippen LogP contribution is -2.41. The van der Waals surface area contributed by atoms with Crippen LogP contribution >= 0.6 is 0 Å². The molecule has 1 aromatic carbocycles. The van der Waals surface area contributed by atoms with Gasteiger partial charge in [0, 0.05) is 39.9 Å². The van der Waals surface area contributed by atoms with Gasteiger partial charge in [0.1, 0.15) is 0 Å². The first-order valence-corrected chi connectivity index (χ1v) is 9.90. The van der Waals surface area contributed by atoms with E-state index in [1.165, 1.54) is 21.1 Å². The van der Waals surface area contributed by atoms with Crippen LogP contribution in [0.2, 0.25) is 0 Å². The summed E-state index contributed by atoms with van der Waals surface area (Å²) in [6.07, 6.45) is 2.47. The standard InChI is InChI=1S/C17H26N4O4S/c1-19(2)26(24,25)20(3)13-16(22)18-15-8-6-14(7-9-15)12-17(23)21-10-4-5-11-21/h6-9H,4-5,10-13H2,1-3H3,(H,18,22). The third-order valence-electron chi connectivity index (χ3n) is 4.27. The molecule has 0 aromatic heterocycles. The second-order valence-corrected chi connectivity index (χ2v) is 8.81. The molecule has 2 amide bonds. The maximum atomic E-state index is 12.1. The Morgan fingerprint density at radius 1 is 1.08 bits per heavy atom. The van der Waals surface area contributed by atoms with Crippen LogP contribution in [0.1, 0.15) is 18.4 Å². The number of likely N-dealkylation sites (tertiary alicyclic amines) is 1. The van der Waals surface area contributed by atoms with Gasteiger partial charge in [-0.2, -0.15) is 17.0 Å². The van der Waals surface area contributed by atoms with Gasteiger partial charge < -0.3 is 10.2 Å². The topological polar surface area (TPSA) is 90.0 Å². The van der Waals surface area contributed by atoms with E-state index < -0.39 is 16.1 Å². The Kier molecular flexibility index (Phi) is 6.74. The predicted octanol–water partition coefficient (Wildman–Crippen LogP) is 0.528. The number of amides is 2. The highest BCUT2D eigenvalue weighted by Crippen LogP contribution is 2.14. The number of hydrogen-bond donors (Lipinski definition) is 1. The molecule has 9 heteroatoms. The normalized spacial score (nSPS) is 14.9. The minimum Gasteiger partial charge on any atom is -0.342 e. The van der Waals surface area contributed by atoms with Crippen molar-refractivity contribution < 1.29 is 18.0 Å². The molecule has 0 radical (unpaired) electrons. The molecule has 8 nitrogen and oxygen atoms in total. The average Bonchev–Trinajstić information content (AvgIpc) is 3.11. The molecular formula is C17H26N4O4S. The summed E-state index contributed by atoms with van der Waals surface area (Å²) in [5, 5.41) is 2.66. The lowest BCUT2D eigenvalue weighted by atomic mass is 10.1. The summed E-state index contributed by atoms with van der Waals surface area (Å²) in [5.74, 6) is -0.311. The largest absolute Gasteiger partial charge is 0.342 e. The Hall–Kier alpha value is -1.97. The molecule has 144 valence electrons. The van der Waals surface area contributed by atoms with Crippen LogP contribution in [0.5, 0.6) is 0 Å². The molecule has 0 bridgehead atoms. The summed E-state index contributed by atoms with van der Waals surface area (Å²) in [5.41, 5.74) is 1.44. The van der Waals surface area contributed by atoms with Crippen molar-refractivity contribution in [1.82, 2.24) is 13.5 Å². The number of rotatable bonds is 7. The van der Waals surface area contributed by atoms with Crippen molar-refractivity contribution in [3.8, 4) is 0 Å². The number of carbonyl (C=O) groups is 2. The summed E-state index contributed by atoms with van der Waals surface area (Å²) in [6, 6.07) is 7.02. The summed E-state index contributed by atoms with van der Waals surface area (Å²) in [4.78, 5) is 26.0. The number of likely N-dealkylation sites (N-methyl/N-ethyl adjacent to an activating group) is 1. The van der Waals surface area contributed by atoms with Crippen molar-refractivity contribution in [3.63, 3.8) is 0 Å². The zero-order chi connectivity index (χ0) is 19.3. The summed E-state index contributed by atoms with van der Waals surface area (Å²) in [6.45, 7) is 1.38. The van der Waals surface area contributed by atoms with E-state index in [4.69, 9.17) is 0 Å². The molecule has 1 aliphatic rings. The lowest BCUT2D eigenvalue weighted by Gasteiger charge is -2.20. The van der Waals surface area contributed by atoms with Crippen LogP contribution < -0.4 is 5.32 Å². The van der Waals surface area contributed by atoms with Gasteiger partial charge in [0.05, 0.1) is 13.0 Å². The van der Waals surface area contributed by atoms with Crippen LogP contribution in [0.4, 0.5) is 5.69 Å². The highest BCUT2D eigenvalue weighted by atomic mass is 32.2. The van der Waals surface area contributed by atoms with Crippen molar-refractivity contribution in [2.24, 2.45) is 0 Å². The van der Waals surface area contributed by atoms with E-state index in [0.717, 1.165) is 40.1 Å². The first-order chi connectivity index (χ1) is 12.2. The van der Waals surface area contributed by atoms with Crippen LogP contribution in [-0.2, 0) is 26.2 Å². The van der Waals surface area contributed by atoms with Crippen LogP contribution in [0.3, 0.4) is 0 Å². The fourth-order valence-electron chi connectivity index (χ4n) is 2.72. The highest BCUT2D eigenvalue weighted by Gasteiger charge is 2.22. The summed E-state index contributed by atoms with van der Waals surface area (Å²) in [7, 11) is 0.537. The van der Waals surface area contributed by atoms with Gasteiger partial charge >= 0.3 is 0 Å². The van der Waals surface area contributed by atoms with Gasteiger partial charge in [-0.1, -0.05) is 12.1 Å². The molecule has 2 rings (SSSR count). The van der Waals surface area contributed by atoms with Crippen LogP contribution in [0.25, 0.3) is 0 Å². The smallest absolute Gasteiger partial charge is 0.281 e. The first kappa shape index (κ1) is 20.3. The monoisotopic (exact) mass is 382 g/mol. The second-order valence-electron chi connectivity index (χ2n) is 6.56. The molecule has 0 saturated carbocycles. The average molecular weight is 382 g/mol. The Balaban J connectivity index is 1.88. The maximum Gasteiger partial charge on any atom is 0.281 e. The van der Waals surface area contributed by atoms with Gasteiger partial charge in [-0.15, -0.1) is 0 Å². The van der Waals surface area contributed by atoms with E-state index in [0.29, 0.717) is 12.1 Å². The van der Waals surface area contributed by atoms with Crippen molar-refractivity contribution in [1.29, 1.82) is 0 Å². The molecule has 0 atom stereocenters. The van der Waals surface area contributed by atoms with Crippen LogP contribution in [0.15, 0.2) is 24.3 Å². The molecule has 1 heterocycles. The zero-order valence-corrected chi connectivity index (χ0v) is 16.3. The van der Waals surface area contributed by atoms with Gasteiger partial charge in [0.2, 0.25) is 11.8 Å². The second kappa shape index (κ2) is 8.61. The molecule has 1 saturated heterocycles. The lowest BCUT2D eigenvalue weighted by molar-refractivity contribution is -0.129. The van der Waals surface area contributed by atoms with Gasteiger partial charge in [0.15, 0.2) is 0 Å². The van der Waals surface area contributed by atoms with Crippen LogP contribution in [0, 0.1) is 0 Å². The number of anilines is 1. The van der Waals surface area contributed by atoms with Crippen LogP contribution in [-0.4, -0.2) is 74.5 Å². The summed E-state index contributed by atoms with van der Waals surface area (Å²) < 4.78 is 25.8. The quantitative estimate of drug-likeness (QED) is 0.745. The maximum absolute atomic E-state index is 12.1. The van der Waals surface area contributed by atoms with E-state index in [2.05, 4.69) is 5.32 Å². The van der Waals surface area contributed by atoms with E-state index in [9.17, 15) is 18.0 Å². The van der Waals surface area contributed by atoms with Gasteiger partial charge in [-0.05, 0) is 30.5 Å². The first-order valence-electron chi connectivity index (χ1n) is 8.50. The third kappa shape index (κ3) is 5.26. The zero-order valence-electron chi connectivity index (χ0n) is 15.4. The fraction of sp³-hybridized carbons (Fsp3) is 0.529. The molecule has 1 N–H and O–H groups in total. The Morgan fingerprint density at radius 3 is 2.19 bits per heavy atom. The van der Waals surface area contributed by atoms with Crippen molar-refractivity contribution >= 4 is 27.7 Å². The van der Waals surface area contributed by atoms with Crippen molar-refractivity contribution in [3.05, 3.63) is 29.8 Å². The number of benzene rings is 1. The minimum absolute atomic E-state index is 0.120. The Bertz CT molecular complexity index is 741. The molecule has 0 spiro atoms. The summed E-state index contributed by atoms with van der Waals surface area (Å²) >= 11 is 0. The van der Waals surface area contributed by atoms with Gasteiger partial charge in [-0.25, -0.2) is 0 Å². The SMILES string of the molecule is CN(C)S(=O)(=O)N(C)CC(=O)Nc1ccc(CC(=O)N2CCCC2)cc1. The highest BCUT2D eigenvalue weighted by molar-refractivity contribution is 7.86. The van der Waals surface area contributed by atoms with E-state index in [-0.39, 0.29) is 12.5 Å². The van der Waals surface area contributed by atoms with Gasteiger partial charge in [0.25, 0.3) is 10.2 Å². The molecule has 1 aromatic rings. The molecule has 1 fully saturated rings. The predicted molar refractivity (Wildman–Crippen MR) is 99.8 cm³/mol. The Morgan fingerprint density at radius 2 is 1.65 bits per heavy atom. The number of nitrogens with one attached hydrogen (secondary N) is 1. The number of carbonyl (C=O) groups excluding carboxylic acids is 2. The fourth-order valence-corrected chi connectivity index (χ4v) is 3.56. The number of nitrogens with zero attached hydrogens (tertiary/aromatic N) is 3. The van der Waals surface area contributed by atoms with E-state index >= 15 is 0 Å².